The Hall–Kier alpha value is -3.01. The second kappa shape index (κ2) is 9.64. The van der Waals surface area contributed by atoms with Crippen LogP contribution in [0.5, 0.6) is 5.75 Å². The van der Waals surface area contributed by atoms with E-state index in [9.17, 15) is 14.7 Å². The van der Waals surface area contributed by atoms with E-state index in [-0.39, 0.29) is 23.8 Å². The van der Waals surface area contributed by atoms with Gasteiger partial charge in [0.2, 0.25) is 28.8 Å². The number of hydrogen-bond donors (Lipinski definition) is 2. The van der Waals surface area contributed by atoms with Crippen LogP contribution in [0.3, 0.4) is 0 Å². The fourth-order valence-electron chi connectivity index (χ4n) is 3.91. The highest BCUT2D eigenvalue weighted by Crippen LogP contribution is 2.43. The molecule has 3 aromatic rings. The zero-order valence-corrected chi connectivity index (χ0v) is 18.6. The summed E-state index contributed by atoms with van der Waals surface area (Å²) in [5.74, 6) is 3.18. The number of aryl methyl sites for hydroxylation is 2. The van der Waals surface area contributed by atoms with Crippen LogP contribution in [-0.2, 0) is 16.6 Å². The highest BCUT2D eigenvalue weighted by molar-refractivity contribution is 7.99. The molecule has 1 saturated heterocycles. The Balaban J connectivity index is 1.35. The number of carbonyl (C=O) groups is 1. The van der Waals surface area contributed by atoms with Crippen LogP contribution in [0.25, 0.3) is 11.6 Å². The van der Waals surface area contributed by atoms with Crippen molar-refractivity contribution in [1.82, 2.24) is 15.5 Å². The van der Waals surface area contributed by atoms with E-state index in [0.29, 0.717) is 55.5 Å². The molecule has 0 unspecified atom stereocenters. The number of nitrogens with zero attached hydrogens (tertiary/aromatic N) is 2. The predicted molar refractivity (Wildman–Crippen MR) is 118 cm³/mol. The van der Waals surface area contributed by atoms with Gasteiger partial charge in [0, 0.05) is 30.9 Å². The molecule has 9 nitrogen and oxygen atoms in total. The first-order chi connectivity index (χ1) is 15.5. The monoisotopic (exact) mass is 459 g/mol. The third-order valence-electron chi connectivity index (χ3n) is 5.58. The van der Waals surface area contributed by atoms with Crippen LogP contribution in [0.4, 0.5) is 0 Å². The van der Waals surface area contributed by atoms with E-state index in [0.717, 1.165) is 11.5 Å². The Morgan fingerprint density at radius 2 is 2.16 bits per heavy atom. The van der Waals surface area contributed by atoms with Crippen LogP contribution in [0.15, 0.2) is 42.6 Å². The Labute approximate surface area is 188 Å². The summed E-state index contributed by atoms with van der Waals surface area (Å²) in [4.78, 5) is 29.2. The van der Waals surface area contributed by atoms with E-state index in [1.807, 2.05) is 0 Å². The fraction of sp³-hybridized carbons (Fsp3) is 0.455. The summed E-state index contributed by atoms with van der Waals surface area (Å²) in [6.07, 6.45) is 4.14. The molecule has 1 amide bonds. The van der Waals surface area contributed by atoms with E-state index in [2.05, 4.69) is 15.5 Å². The first-order valence-corrected chi connectivity index (χ1v) is 11.7. The van der Waals surface area contributed by atoms with Crippen LogP contribution < -0.4 is 10.7 Å². The summed E-state index contributed by atoms with van der Waals surface area (Å²) >= 11 is 1.79. The summed E-state index contributed by atoms with van der Waals surface area (Å²) in [5, 5.41) is 17.2. The lowest BCUT2D eigenvalue weighted by molar-refractivity contribution is -0.122. The van der Waals surface area contributed by atoms with Crippen molar-refractivity contribution in [3.63, 3.8) is 0 Å². The number of rotatable bonds is 8. The third kappa shape index (κ3) is 4.90. The fourth-order valence-corrected chi connectivity index (χ4v) is 5.18. The highest BCUT2D eigenvalue weighted by atomic mass is 32.2. The van der Waals surface area contributed by atoms with E-state index >= 15 is 0 Å². The molecule has 3 aromatic heterocycles. The zero-order valence-electron chi connectivity index (χ0n) is 17.8. The number of amides is 1. The van der Waals surface area contributed by atoms with Crippen molar-refractivity contribution in [2.24, 2.45) is 0 Å². The van der Waals surface area contributed by atoms with E-state index in [1.54, 1.807) is 37.1 Å². The third-order valence-corrected chi connectivity index (χ3v) is 6.56. The maximum Gasteiger partial charge on any atom is 0.238 e. The SMILES string of the molecule is Cc1cc(=O)c(O)c(C2(CC(=O)NCCCc3nc(-c4ccco4)no3)CCSCC2)o1. The molecule has 0 bridgehead atoms. The normalized spacial score (nSPS) is 15.5. The molecule has 4 heterocycles. The zero-order chi connectivity index (χ0) is 22.6. The number of hydrogen-bond acceptors (Lipinski definition) is 9. The van der Waals surface area contributed by atoms with Gasteiger partial charge in [-0.25, -0.2) is 0 Å². The molecule has 170 valence electrons. The van der Waals surface area contributed by atoms with Gasteiger partial charge in [0.05, 0.1) is 6.26 Å². The number of aromatic nitrogens is 2. The van der Waals surface area contributed by atoms with Gasteiger partial charge >= 0.3 is 0 Å². The van der Waals surface area contributed by atoms with Gasteiger partial charge in [-0.1, -0.05) is 5.16 Å². The van der Waals surface area contributed by atoms with Crippen molar-refractivity contribution < 1.29 is 23.3 Å². The van der Waals surface area contributed by atoms with Crippen molar-refractivity contribution in [3.8, 4) is 17.3 Å². The number of aromatic hydroxyl groups is 1. The molecule has 1 fully saturated rings. The lowest BCUT2D eigenvalue weighted by atomic mass is 9.75. The highest BCUT2D eigenvalue weighted by Gasteiger charge is 2.41. The summed E-state index contributed by atoms with van der Waals surface area (Å²) < 4.78 is 16.2. The summed E-state index contributed by atoms with van der Waals surface area (Å²) in [5.41, 5.74) is -1.16. The molecule has 1 aliphatic heterocycles. The Morgan fingerprint density at radius 3 is 2.91 bits per heavy atom. The van der Waals surface area contributed by atoms with Crippen LogP contribution in [0, 0.1) is 6.92 Å². The lowest BCUT2D eigenvalue weighted by Crippen LogP contribution is -2.38. The quantitative estimate of drug-likeness (QED) is 0.487. The first-order valence-electron chi connectivity index (χ1n) is 10.5. The molecule has 1 aliphatic rings. The molecule has 0 aliphatic carbocycles. The standard InChI is InChI=1S/C22H25N3O6S/c1-14-12-15(26)19(28)20(30-14)22(6-10-32-11-7-22)13-17(27)23-8-2-5-18-24-21(25-31-18)16-4-3-9-29-16/h3-4,9,12,28H,2,5-8,10-11,13H2,1H3,(H,23,27). The molecule has 4 rings (SSSR count). The number of thioether (sulfide) groups is 1. The predicted octanol–water partition coefficient (Wildman–Crippen LogP) is 3.20. The van der Waals surface area contributed by atoms with Crippen LogP contribution in [0.1, 0.15) is 43.1 Å². The van der Waals surface area contributed by atoms with E-state index in [1.165, 1.54) is 6.07 Å². The van der Waals surface area contributed by atoms with E-state index < -0.39 is 10.8 Å². The van der Waals surface area contributed by atoms with Gasteiger partial charge in [-0.3, -0.25) is 9.59 Å². The smallest absolute Gasteiger partial charge is 0.238 e. The maximum atomic E-state index is 12.8. The summed E-state index contributed by atoms with van der Waals surface area (Å²) in [6.45, 7) is 2.11. The second-order valence-corrected chi connectivity index (χ2v) is 9.14. The summed E-state index contributed by atoms with van der Waals surface area (Å²) in [6, 6.07) is 4.77. The molecule has 10 heteroatoms. The van der Waals surface area contributed by atoms with Crippen LogP contribution in [0.2, 0.25) is 0 Å². The Bertz CT molecular complexity index is 1120. The van der Waals surface area contributed by atoms with Crippen LogP contribution >= 0.6 is 11.8 Å². The van der Waals surface area contributed by atoms with E-state index in [4.69, 9.17) is 13.4 Å². The van der Waals surface area contributed by atoms with Crippen LogP contribution in [-0.4, -0.2) is 39.2 Å². The minimum atomic E-state index is -0.685. The largest absolute Gasteiger partial charge is 0.502 e. The van der Waals surface area contributed by atoms with Gasteiger partial charge in [0.25, 0.3) is 0 Å². The summed E-state index contributed by atoms with van der Waals surface area (Å²) in [7, 11) is 0. The molecule has 0 radical (unpaired) electrons. The molecule has 0 spiro atoms. The number of nitrogens with one attached hydrogen (secondary N) is 1. The number of carbonyl (C=O) groups excluding carboxylic acids is 1. The molecule has 32 heavy (non-hydrogen) atoms. The maximum absolute atomic E-state index is 12.8. The van der Waals surface area contributed by atoms with Gasteiger partial charge in [0.15, 0.2) is 11.5 Å². The molecule has 0 saturated carbocycles. The number of furan rings is 1. The molecule has 2 N–H and O–H groups in total. The molecule has 0 aromatic carbocycles. The van der Waals surface area contributed by atoms with Crippen molar-refractivity contribution in [3.05, 3.63) is 52.1 Å². The lowest BCUT2D eigenvalue weighted by Gasteiger charge is -2.35. The minimum Gasteiger partial charge on any atom is -0.502 e. The van der Waals surface area contributed by atoms with Crippen molar-refractivity contribution in [1.29, 1.82) is 0 Å². The Morgan fingerprint density at radius 1 is 1.34 bits per heavy atom. The molecule has 0 atom stereocenters. The van der Waals surface area contributed by atoms with Crippen molar-refractivity contribution in [2.75, 3.05) is 18.1 Å². The van der Waals surface area contributed by atoms with Gasteiger partial charge < -0.3 is 23.8 Å². The average Bonchev–Trinajstić information content (AvgIpc) is 3.46. The molecular formula is C22H25N3O6S. The topological polar surface area (TPSA) is 132 Å². The van der Waals surface area contributed by atoms with Gasteiger partial charge in [0.1, 0.15) is 5.76 Å². The minimum absolute atomic E-state index is 0.150. The Kier molecular flexibility index (Phi) is 6.69. The first kappa shape index (κ1) is 22.2. The van der Waals surface area contributed by atoms with Crippen molar-refractivity contribution >= 4 is 17.7 Å². The van der Waals surface area contributed by atoms with Gasteiger partial charge in [-0.2, -0.15) is 16.7 Å². The average molecular weight is 460 g/mol. The molecular weight excluding hydrogens is 434 g/mol. The van der Waals surface area contributed by atoms with Crippen molar-refractivity contribution in [2.45, 2.75) is 44.4 Å². The second-order valence-electron chi connectivity index (χ2n) is 7.91. The van der Waals surface area contributed by atoms with Gasteiger partial charge in [-0.15, -0.1) is 0 Å². The van der Waals surface area contributed by atoms with Gasteiger partial charge in [-0.05, 0) is 49.8 Å².